The number of likely N-dealkylation sites (tertiary alicyclic amines) is 1. The summed E-state index contributed by atoms with van der Waals surface area (Å²) in [6, 6.07) is 3.76. The van der Waals surface area contributed by atoms with Gasteiger partial charge in [-0.05, 0) is 31.4 Å². The molecule has 1 aromatic rings. The fourth-order valence-corrected chi connectivity index (χ4v) is 2.44. The van der Waals surface area contributed by atoms with E-state index in [9.17, 15) is 4.79 Å². The van der Waals surface area contributed by atoms with Crippen molar-refractivity contribution in [2.24, 2.45) is 0 Å². The molecule has 0 spiro atoms. The molecule has 1 fully saturated rings. The van der Waals surface area contributed by atoms with E-state index in [1.54, 1.807) is 6.20 Å². The van der Waals surface area contributed by atoms with Gasteiger partial charge in [-0.3, -0.25) is 9.78 Å². The average Bonchev–Trinajstić information content (AvgIpc) is 2.38. The van der Waals surface area contributed by atoms with Gasteiger partial charge >= 0.3 is 0 Å². The number of hydrogen-bond donors (Lipinski definition) is 0. The van der Waals surface area contributed by atoms with Gasteiger partial charge in [-0.25, -0.2) is 0 Å². The molecular weight excluding hydrogens is 224 g/mol. The Balaban J connectivity index is 2.30. The molecule has 3 nitrogen and oxygen atoms in total. The highest BCUT2D eigenvalue weighted by Crippen LogP contribution is 2.25. The van der Waals surface area contributed by atoms with Gasteiger partial charge in [0.2, 0.25) is 0 Å². The van der Waals surface area contributed by atoms with Crippen LogP contribution in [0.1, 0.15) is 56.1 Å². The van der Waals surface area contributed by atoms with Crippen molar-refractivity contribution < 1.29 is 4.79 Å². The Kier molecular flexibility index (Phi) is 3.69. The van der Waals surface area contributed by atoms with Crippen molar-refractivity contribution in [2.45, 2.75) is 45.4 Å². The standard InChI is InChI=1S/C15H22N2O/c1-15(2,3)13-12(8-7-9-16-13)14(18)17-10-5-4-6-11-17/h7-9H,4-6,10-11H2,1-3H3. The molecule has 0 N–H and O–H groups in total. The van der Waals surface area contributed by atoms with Gasteiger partial charge in [0.25, 0.3) is 5.91 Å². The summed E-state index contributed by atoms with van der Waals surface area (Å²) in [6.45, 7) is 8.07. The van der Waals surface area contributed by atoms with E-state index in [1.165, 1.54) is 6.42 Å². The quantitative estimate of drug-likeness (QED) is 0.763. The molecule has 1 aliphatic rings. The van der Waals surface area contributed by atoms with Crippen molar-refractivity contribution in [3.05, 3.63) is 29.6 Å². The smallest absolute Gasteiger partial charge is 0.255 e. The summed E-state index contributed by atoms with van der Waals surface area (Å²) in [5, 5.41) is 0. The maximum atomic E-state index is 12.6. The van der Waals surface area contributed by atoms with E-state index >= 15 is 0 Å². The van der Waals surface area contributed by atoms with Gasteiger partial charge in [0.1, 0.15) is 0 Å². The van der Waals surface area contributed by atoms with Crippen LogP contribution >= 0.6 is 0 Å². The third kappa shape index (κ3) is 2.71. The number of carbonyl (C=O) groups is 1. The van der Waals surface area contributed by atoms with E-state index in [4.69, 9.17) is 0 Å². The lowest BCUT2D eigenvalue weighted by Crippen LogP contribution is -2.37. The van der Waals surface area contributed by atoms with Crippen LogP contribution in [0.15, 0.2) is 18.3 Å². The molecular formula is C15H22N2O. The van der Waals surface area contributed by atoms with Crippen molar-refractivity contribution in [3.63, 3.8) is 0 Å². The minimum Gasteiger partial charge on any atom is -0.339 e. The van der Waals surface area contributed by atoms with E-state index in [-0.39, 0.29) is 11.3 Å². The second kappa shape index (κ2) is 5.09. The van der Waals surface area contributed by atoms with Crippen molar-refractivity contribution >= 4 is 5.91 Å². The number of rotatable bonds is 1. The van der Waals surface area contributed by atoms with Crippen molar-refractivity contribution in [1.29, 1.82) is 0 Å². The lowest BCUT2D eigenvalue weighted by molar-refractivity contribution is 0.0721. The van der Waals surface area contributed by atoms with Crippen LogP contribution in [0, 0.1) is 0 Å². The Bertz CT molecular complexity index is 428. The third-order valence-electron chi connectivity index (χ3n) is 3.39. The molecule has 0 atom stereocenters. The predicted molar refractivity (Wildman–Crippen MR) is 72.7 cm³/mol. The first-order chi connectivity index (χ1) is 8.50. The highest BCUT2D eigenvalue weighted by Gasteiger charge is 2.26. The summed E-state index contributed by atoms with van der Waals surface area (Å²) >= 11 is 0. The van der Waals surface area contributed by atoms with Crippen LogP contribution in [-0.4, -0.2) is 28.9 Å². The van der Waals surface area contributed by atoms with Gasteiger partial charge in [0, 0.05) is 24.7 Å². The van der Waals surface area contributed by atoms with Crippen LogP contribution in [-0.2, 0) is 5.41 Å². The van der Waals surface area contributed by atoms with Crippen LogP contribution in [0.25, 0.3) is 0 Å². The van der Waals surface area contributed by atoms with Gasteiger partial charge in [0.15, 0.2) is 0 Å². The van der Waals surface area contributed by atoms with E-state index in [0.717, 1.165) is 37.2 Å². The molecule has 0 radical (unpaired) electrons. The molecule has 98 valence electrons. The molecule has 3 heteroatoms. The predicted octanol–water partition coefficient (Wildman–Crippen LogP) is 3.01. The maximum Gasteiger partial charge on any atom is 0.255 e. The Morgan fingerprint density at radius 2 is 1.89 bits per heavy atom. The van der Waals surface area contributed by atoms with Crippen LogP contribution in [0.5, 0.6) is 0 Å². The molecule has 0 saturated carbocycles. The van der Waals surface area contributed by atoms with Gasteiger partial charge < -0.3 is 4.90 Å². The summed E-state index contributed by atoms with van der Waals surface area (Å²) < 4.78 is 0. The highest BCUT2D eigenvalue weighted by atomic mass is 16.2. The molecule has 2 rings (SSSR count). The Morgan fingerprint density at radius 1 is 1.22 bits per heavy atom. The molecule has 2 heterocycles. The summed E-state index contributed by atoms with van der Waals surface area (Å²) in [6.07, 6.45) is 5.25. The molecule has 1 saturated heterocycles. The number of amides is 1. The largest absolute Gasteiger partial charge is 0.339 e. The molecule has 0 unspecified atom stereocenters. The zero-order valence-corrected chi connectivity index (χ0v) is 11.6. The number of carbonyl (C=O) groups excluding carboxylic acids is 1. The van der Waals surface area contributed by atoms with Crippen LogP contribution < -0.4 is 0 Å². The number of nitrogens with zero attached hydrogens (tertiary/aromatic N) is 2. The number of pyridine rings is 1. The van der Waals surface area contributed by atoms with Gasteiger partial charge in [-0.15, -0.1) is 0 Å². The molecule has 1 aromatic heterocycles. The fraction of sp³-hybridized carbons (Fsp3) is 0.600. The summed E-state index contributed by atoms with van der Waals surface area (Å²) in [5.41, 5.74) is 1.58. The number of aromatic nitrogens is 1. The van der Waals surface area contributed by atoms with Gasteiger partial charge in [-0.1, -0.05) is 20.8 Å². The van der Waals surface area contributed by atoms with Crippen LogP contribution in [0.3, 0.4) is 0 Å². The van der Waals surface area contributed by atoms with E-state index in [1.807, 2.05) is 17.0 Å². The van der Waals surface area contributed by atoms with Crippen molar-refractivity contribution in [1.82, 2.24) is 9.88 Å². The summed E-state index contributed by atoms with van der Waals surface area (Å²) in [4.78, 5) is 18.9. The zero-order chi connectivity index (χ0) is 13.2. The van der Waals surface area contributed by atoms with E-state index in [0.29, 0.717) is 0 Å². The maximum absolute atomic E-state index is 12.6. The Labute approximate surface area is 109 Å². The third-order valence-corrected chi connectivity index (χ3v) is 3.39. The Hall–Kier alpha value is -1.38. The number of hydrogen-bond acceptors (Lipinski definition) is 2. The summed E-state index contributed by atoms with van der Waals surface area (Å²) in [7, 11) is 0. The SMILES string of the molecule is CC(C)(C)c1ncccc1C(=O)N1CCCCC1. The second-order valence-electron chi connectivity index (χ2n) is 6.00. The highest BCUT2D eigenvalue weighted by molar-refractivity contribution is 5.95. The molecule has 18 heavy (non-hydrogen) atoms. The lowest BCUT2D eigenvalue weighted by atomic mass is 9.88. The molecule has 1 amide bonds. The van der Waals surface area contributed by atoms with Crippen LogP contribution in [0.2, 0.25) is 0 Å². The van der Waals surface area contributed by atoms with E-state index in [2.05, 4.69) is 25.8 Å². The second-order valence-corrected chi connectivity index (χ2v) is 6.00. The molecule has 1 aliphatic heterocycles. The zero-order valence-electron chi connectivity index (χ0n) is 11.6. The first kappa shape index (κ1) is 13.1. The fourth-order valence-electron chi connectivity index (χ4n) is 2.44. The first-order valence-electron chi connectivity index (χ1n) is 6.75. The first-order valence-corrected chi connectivity index (χ1v) is 6.75. The average molecular weight is 246 g/mol. The monoisotopic (exact) mass is 246 g/mol. The lowest BCUT2D eigenvalue weighted by Gasteiger charge is -2.29. The van der Waals surface area contributed by atoms with Gasteiger partial charge in [-0.2, -0.15) is 0 Å². The topological polar surface area (TPSA) is 33.2 Å². The normalized spacial score (nSPS) is 16.7. The van der Waals surface area contributed by atoms with Crippen molar-refractivity contribution in [2.75, 3.05) is 13.1 Å². The van der Waals surface area contributed by atoms with Crippen molar-refractivity contribution in [3.8, 4) is 0 Å². The molecule has 0 bridgehead atoms. The number of piperidine rings is 1. The van der Waals surface area contributed by atoms with Crippen LogP contribution in [0.4, 0.5) is 0 Å². The minimum absolute atomic E-state index is 0.0952. The van der Waals surface area contributed by atoms with E-state index < -0.39 is 0 Å². The summed E-state index contributed by atoms with van der Waals surface area (Å²) in [5.74, 6) is 0.146. The minimum atomic E-state index is -0.0952. The van der Waals surface area contributed by atoms with Gasteiger partial charge in [0.05, 0.1) is 11.3 Å². The molecule has 0 aromatic carbocycles. The Morgan fingerprint density at radius 3 is 2.50 bits per heavy atom. The molecule has 0 aliphatic carbocycles.